The van der Waals surface area contributed by atoms with Gasteiger partial charge in [-0.2, -0.15) is 18.4 Å². The summed E-state index contributed by atoms with van der Waals surface area (Å²) in [7, 11) is 1.51. The highest BCUT2D eigenvalue weighted by molar-refractivity contribution is 9.10. The van der Waals surface area contributed by atoms with Crippen LogP contribution in [0.1, 0.15) is 11.1 Å². The molecule has 0 radical (unpaired) electrons. The van der Waals surface area contributed by atoms with Crippen molar-refractivity contribution in [2.45, 2.75) is 6.18 Å². The molecule has 0 aromatic heterocycles. The number of hydrogen-bond donors (Lipinski definition) is 0. The summed E-state index contributed by atoms with van der Waals surface area (Å²) in [5, 5.41) is 9.08. The van der Waals surface area contributed by atoms with E-state index in [-0.39, 0.29) is 5.69 Å². The lowest BCUT2D eigenvalue weighted by Gasteiger charge is -2.24. The highest BCUT2D eigenvalue weighted by atomic mass is 79.9. The molecule has 108 valence electrons. The number of halogens is 4. The summed E-state index contributed by atoms with van der Waals surface area (Å²) in [4.78, 5) is 1.37. The Labute approximate surface area is 128 Å². The molecule has 0 N–H and O–H groups in total. The van der Waals surface area contributed by atoms with E-state index in [4.69, 9.17) is 5.26 Å². The summed E-state index contributed by atoms with van der Waals surface area (Å²) in [5.41, 5.74) is -0.0237. The average molecular weight is 355 g/mol. The summed E-state index contributed by atoms with van der Waals surface area (Å²) in [6.07, 6.45) is -4.48. The van der Waals surface area contributed by atoms with Crippen LogP contribution in [0, 0.1) is 11.3 Å². The number of nitriles is 1. The lowest BCUT2D eigenvalue weighted by atomic mass is 10.1. The van der Waals surface area contributed by atoms with Crippen molar-refractivity contribution < 1.29 is 13.2 Å². The number of alkyl halides is 3. The molecule has 0 unspecified atom stereocenters. The maximum absolute atomic E-state index is 13.2. The summed E-state index contributed by atoms with van der Waals surface area (Å²) in [6, 6.07) is 12.5. The summed E-state index contributed by atoms with van der Waals surface area (Å²) >= 11 is 3.05. The molecule has 0 saturated carbocycles. The quantitative estimate of drug-likeness (QED) is 0.749. The van der Waals surface area contributed by atoms with Crippen LogP contribution in [-0.4, -0.2) is 7.05 Å². The zero-order valence-electron chi connectivity index (χ0n) is 10.9. The number of benzene rings is 2. The summed E-state index contributed by atoms with van der Waals surface area (Å²) < 4.78 is 39.9. The summed E-state index contributed by atoms with van der Waals surface area (Å²) in [6.45, 7) is 0. The van der Waals surface area contributed by atoms with Gasteiger partial charge in [-0.3, -0.25) is 0 Å². The van der Waals surface area contributed by atoms with Crippen molar-refractivity contribution in [1.29, 1.82) is 5.26 Å². The number of para-hydroxylation sites is 1. The largest absolute Gasteiger partial charge is 0.418 e. The van der Waals surface area contributed by atoms with E-state index in [1.807, 2.05) is 6.07 Å². The molecule has 0 bridgehead atoms. The first-order valence-electron chi connectivity index (χ1n) is 5.94. The Bertz CT molecular complexity index is 705. The van der Waals surface area contributed by atoms with Gasteiger partial charge in [0, 0.05) is 11.5 Å². The predicted octanol–water partition coefficient (Wildman–Crippen LogP) is 5.11. The highest BCUT2D eigenvalue weighted by Gasteiger charge is 2.35. The van der Waals surface area contributed by atoms with Crippen LogP contribution < -0.4 is 4.90 Å². The molecular formula is C15H10BrF3N2. The van der Waals surface area contributed by atoms with E-state index in [1.165, 1.54) is 24.1 Å². The average Bonchev–Trinajstić information content (AvgIpc) is 2.45. The van der Waals surface area contributed by atoms with Crippen LogP contribution in [0.4, 0.5) is 24.5 Å². The third-order valence-electron chi connectivity index (χ3n) is 3.01. The third kappa shape index (κ3) is 3.19. The van der Waals surface area contributed by atoms with Crippen LogP contribution in [0.25, 0.3) is 0 Å². The number of rotatable bonds is 2. The second kappa shape index (κ2) is 5.78. The van der Waals surface area contributed by atoms with Gasteiger partial charge in [0.25, 0.3) is 0 Å². The Balaban J connectivity index is 2.59. The van der Waals surface area contributed by atoms with Crippen molar-refractivity contribution in [3.8, 4) is 6.07 Å². The molecule has 0 spiro atoms. The first-order chi connectivity index (χ1) is 9.84. The van der Waals surface area contributed by atoms with Crippen LogP contribution in [0.15, 0.2) is 46.9 Å². The predicted molar refractivity (Wildman–Crippen MR) is 78.4 cm³/mol. The normalized spacial score (nSPS) is 11.0. The van der Waals surface area contributed by atoms with Gasteiger partial charge in [-0.25, -0.2) is 0 Å². The van der Waals surface area contributed by atoms with E-state index < -0.39 is 11.7 Å². The molecule has 0 atom stereocenters. The zero-order valence-corrected chi connectivity index (χ0v) is 12.5. The Morgan fingerprint density at radius 2 is 1.76 bits per heavy atom. The first-order valence-corrected chi connectivity index (χ1v) is 6.73. The van der Waals surface area contributed by atoms with Crippen molar-refractivity contribution >= 4 is 27.3 Å². The van der Waals surface area contributed by atoms with Crippen LogP contribution in [0.3, 0.4) is 0 Å². The van der Waals surface area contributed by atoms with Gasteiger partial charge in [-0.1, -0.05) is 28.1 Å². The molecule has 0 amide bonds. The Morgan fingerprint density at radius 3 is 2.38 bits per heavy atom. The second-order valence-electron chi connectivity index (χ2n) is 4.35. The number of anilines is 2. The Morgan fingerprint density at radius 1 is 1.10 bits per heavy atom. The van der Waals surface area contributed by atoms with E-state index in [2.05, 4.69) is 15.9 Å². The van der Waals surface area contributed by atoms with E-state index in [9.17, 15) is 13.2 Å². The summed E-state index contributed by atoms with van der Waals surface area (Å²) in [5.74, 6) is 0. The Hall–Kier alpha value is -2.00. The van der Waals surface area contributed by atoms with Gasteiger partial charge >= 0.3 is 6.18 Å². The molecule has 2 aromatic carbocycles. The number of hydrogen-bond acceptors (Lipinski definition) is 2. The van der Waals surface area contributed by atoms with Crippen LogP contribution in [0.2, 0.25) is 0 Å². The standard InChI is InChI=1S/C15H10BrF3N2/c1-21(13-5-3-2-4-10(13)9-20)14-7-6-11(16)8-12(14)15(17,18)19/h2-8H,1H3. The molecule has 6 heteroatoms. The fourth-order valence-corrected chi connectivity index (χ4v) is 2.38. The molecule has 0 aliphatic carbocycles. The fourth-order valence-electron chi connectivity index (χ4n) is 2.02. The van der Waals surface area contributed by atoms with E-state index in [0.717, 1.165) is 6.07 Å². The molecule has 0 fully saturated rings. The molecule has 0 saturated heterocycles. The Kier molecular flexibility index (Phi) is 4.24. The zero-order chi connectivity index (χ0) is 15.6. The van der Waals surface area contributed by atoms with Crippen LogP contribution in [-0.2, 0) is 6.18 Å². The smallest absolute Gasteiger partial charge is 0.343 e. The van der Waals surface area contributed by atoms with Gasteiger partial charge < -0.3 is 4.90 Å². The third-order valence-corrected chi connectivity index (χ3v) is 3.50. The topological polar surface area (TPSA) is 27.0 Å². The van der Waals surface area contributed by atoms with Gasteiger partial charge in [0.15, 0.2) is 0 Å². The van der Waals surface area contributed by atoms with Gasteiger partial charge in [-0.05, 0) is 30.3 Å². The SMILES string of the molecule is CN(c1ccccc1C#N)c1ccc(Br)cc1C(F)(F)F. The first kappa shape index (κ1) is 15.4. The lowest BCUT2D eigenvalue weighted by molar-refractivity contribution is -0.137. The molecule has 2 rings (SSSR count). The van der Waals surface area contributed by atoms with Crippen molar-refractivity contribution in [1.82, 2.24) is 0 Å². The van der Waals surface area contributed by atoms with E-state index in [1.54, 1.807) is 24.3 Å². The van der Waals surface area contributed by atoms with Gasteiger partial charge in [0.2, 0.25) is 0 Å². The monoisotopic (exact) mass is 354 g/mol. The van der Waals surface area contributed by atoms with Gasteiger partial charge in [0.1, 0.15) is 6.07 Å². The van der Waals surface area contributed by atoms with Crippen molar-refractivity contribution in [2.75, 3.05) is 11.9 Å². The minimum atomic E-state index is -4.48. The lowest BCUT2D eigenvalue weighted by Crippen LogP contribution is -2.17. The molecule has 0 heterocycles. The van der Waals surface area contributed by atoms with Crippen molar-refractivity contribution in [3.05, 3.63) is 58.1 Å². The van der Waals surface area contributed by atoms with Crippen molar-refractivity contribution in [3.63, 3.8) is 0 Å². The molecule has 2 nitrogen and oxygen atoms in total. The van der Waals surface area contributed by atoms with Crippen LogP contribution in [0.5, 0.6) is 0 Å². The fraction of sp³-hybridized carbons (Fsp3) is 0.133. The molecule has 0 aliphatic rings. The van der Waals surface area contributed by atoms with Gasteiger partial charge in [-0.15, -0.1) is 0 Å². The van der Waals surface area contributed by atoms with Crippen LogP contribution >= 0.6 is 15.9 Å². The molecule has 21 heavy (non-hydrogen) atoms. The van der Waals surface area contributed by atoms with Gasteiger partial charge in [0.05, 0.1) is 22.5 Å². The van der Waals surface area contributed by atoms with Crippen molar-refractivity contribution in [2.24, 2.45) is 0 Å². The molecule has 2 aromatic rings. The minimum absolute atomic E-state index is 0.00611. The molecular weight excluding hydrogens is 345 g/mol. The highest BCUT2D eigenvalue weighted by Crippen LogP contribution is 2.40. The molecule has 0 aliphatic heterocycles. The maximum Gasteiger partial charge on any atom is 0.418 e. The minimum Gasteiger partial charge on any atom is -0.343 e. The van der Waals surface area contributed by atoms with E-state index >= 15 is 0 Å². The van der Waals surface area contributed by atoms with E-state index in [0.29, 0.717) is 15.7 Å². The second-order valence-corrected chi connectivity index (χ2v) is 5.26. The number of nitrogens with zero attached hydrogens (tertiary/aromatic N) is 2. The maximum atomic E-state index is 13.2.